The van der Waals surface area contributed by atoms with Gasteiger partial charge in [-0.3, -0.25) is 9.89 Å². The van der Waals surface area contributed by atoms with Crippen LogP contribution in [0.3, 0.4) is 0 Å². The zero-order valence-corrected chi connectivity index (χ0v) is 16.8. The van der Waals surface area contributed by atoms with Crippen LogP contribution in [0.2, 0.25) is 0 Å². The van der Waals surface area contributed by atoms with Crippen LogP contribution >= 0.6 is 24.0 Å². The lowest BCUT2D eigenvalue weighted by Gasteiger charge is -2.33. The van der Waals surface area contributed by atoms with Crippen molar-refractivity contribution in [1.82, 2.24) is 20.7 Å². The number of likely N-dealkylation sites (tertiary alicyclic amines) is 1. The molecule has 2 heterocycles. The second kappa shape index (κ2) is 10.4. The largest absolute Gasteiger partial charge is 0.364 e. The lowest BCUT2D eigenvalue weighted by Crippen LogP contribution is -2.48. The Morgan fingerprint density at radius 1 is 1.24 bits per heavy atom. The maximum Gasteiger partial charge on any atom is 0.191 e. The molecule has 136 valence electrons. The van der Waals surface area contributed by atoms with Gasteiger partial charge in [0.25, 0.3) is 0 Å². The number of aromatic nitrogens is 1. The van der Waals surface area contributed by atoms with E-state index >= 15 is 0 Å². The SMILES string of the molecule is CN=C(NCc1ccon1)NC1CCN(Cc2ccccc2)CC1.I. The van der Waals surface area contributed by atoms with E-state index in [1.54, 1.807) is 13.3 Å². The van der Waals surface area contributed by atoms with E-state index in [1.165, 1.54) is 5.56 Å². The fourth-order valence-electron chi connectivity index (χ4n) is 2.97. The number of rotatable bonds is 5. The summed E-state index contributed by atoms with van der Waals surface area (Å²) in [6.45, 7) is 3.86. The molecule has 1 aliphatic rings. The van der Waals surface area contributed by atoms with Gasteiger partial charge in [-0.1, -0.05) is 35.5 Å². The molecule has 1 saturated heterocycles. The number of piperidine rings is 1. The summed E-state index contributed by atoms with van der Waals surface area (Å²) in [7, 11) is 1.79. The molecule has 7 heteroatoms. The van der Waals surface area contributed by atoms with Crippen LogP contribution in [0.4, 0.5) is 0 Å². The highest BCUT2D eigenvalue weighted by Crippen LogP contribution is 2.13. The Morgan fingerprint density at radius 3 is 2.64 bits per heavy atom. The zero-order chi connectivity index (χ0) is 16.6. The normalized spacial score (nSPS) is 16.3. The number of benzene rings is 1. The highest BCUT2D eigenvalue weighted by molar-refractivity contribution is 14.0. The highest BCUT2D eigenvalue weighted by Gasteiger charge is 2.20. The van der Waals surface area contributed by atoms with Crippen molar-refractivity contribution in [2.75, 3.05) is 20.1 Å². The van der Waals surface area contributed by atoms with Crippen LogP contribution in [0.15, 0.2) is 52.2 Å². The van der Waals surface area contributed by atoms with Crippen molar-refractivity contribution in [2.45, 2.75) is 32.0 Å². The number of nitrogens with zero attached hydrogens (tertiary/aromatic N) is 3. The lowest BCUT2D eigenvalue weighted by atomic mass is 10.0. The first-order valence-corrected chi connectivity index (χ1v) is 8.46. The number of hydrogen-bond donors (Lipinski definition) is 2. The van der Waals surface area contributed by atoms with Gasteiger partial charge < -0.3 is 15.2 Å². The molecule has 0 unspecified atom stereocenters. The molecule has 1 fully saturated rings. The molecule has 0 amide bonds. The average Bonchev–Trinajstić information content (AvgIpc) is 3.14. The fraction of sp³-hybridized carbons (Fsp3) is 0.444. The number of guanidine groups is 1. The van der Waals surface area contributed by atoms with Crippen LogP contribution in [-0.4, -0.2) is 42.2 Å². The molecule has 1 aliphatic heterocycles. The second-order valence-corrected chi connectivity index (χ2v) is 6.10. The second-order valence-electron chi connectivity index (χ2n) is 6.10. The van der Waals surface area contributed by atoms with Crippen LogP contribution in [0, 0.1) is 0 Å². The van der Waals surface area contributed by atoms with Crippen molar-refractivity contribution in [3.63, 3.8) is 0 Å². The first kappa shape index (κ1) is 19.7. The third-order valence-electron chi connectivity index (χ3n) is 4.33. The Balaban J connectivity index is 0.00000225. The van der Waals surface area contributed by atoms with E-state index in [-0.39, 0.29) is 24.0 Å². The molecule has 0 saturated carbocycles. The summed E-state index contributed by atoms with van der Waals surface area (Å²) in [5, 5.41) is 10.7. The minimum absolute atomic E-state index is 0. The summed E-state index contributed by atoms with van der Waals surface area (Å²) in [6.07, 6.45) is 3.82. The molecule has 2 aromatic rings. The Kier molecular flexibility index (Phi) is 8.20. The van der Waals surface area contributed by atoms with Crippen LogP contribution < -0.4 is 10.6 Å². The number of hydrogen-bond acceptors (Lipinski definition) is 4. The van der Waals surface area contributed by atoms with Gasteiger partial charge in [-0.15, -0.1) is 24.0 Å². The lowest BCUT2D eigenvalue weighted by molar-refractivity contribution is 0.198. The quantitative estimate of drug-likeness (QED) is 0.413. The number of aliphatic imine (C=N–C) groups is 1. The summed E-state index contributed by atoms with van der Waals surface area (Å²) >= 11 is 0. The summed E-state index contributed by atoms with van der Waals surface area (Å²) in [5.41, 5.74) is 2.25. The smallest absolute Gasteiger partial charge is 0.191 e. The van der Waals surface area contributed by atoms with Crippen molar-refractivity contribution in [2.24, 2.45) is 4.99 Å². The Hall–Kier alpha value is -1.61. The van der Waals surface area contributed by atoms with Crippen molar-refractivity contribution in [3.05, 3.63) is 53.9 Å². The molecule has 3 rings (SSSR count). The molecule has 0 bridgehead atoms. The van der Waals surface area contributed by atoms with Crippen LogP contribution in [0.5, 0.6) is 0 Å². The van der Waals surface area contributed by atoms with Gasteiger partial charge in [0, 0.05) is 38.8 Å². The average molecular weight is 455 g/mol. The molecular formula is C18H26IN5O. The topological polar surface area (TPSA) is 65.7 Å². The summed E-state index contributed by atoms with van der Waals surface area (Å²) < 4.78 is 4.84. The molecule has 2 N–H and O–H groups in total. The van der Waals surface area contributed by atoms with Gasteiger partial charge >= 0.3 is 0 Å². The molecule has 0 aliphatic carbocycles. The van der Waals surface area contributed by atoms with E-state index in [2.05, 4.69) is 56.0 Å². The molecule has 0 atom stereocenters. The molecule has 1 aromatic carbocycles. The van der Waals surface area contributed by atoms with Crippen molar-refractivity contribution < 1.29 is 4.52 Å². The van der Waals surface area contributed by atoms with Gasteiger partial charge in [0.2, 0.25) is 0 Å². The van der Waals surface area contributed by atoms with Crippen LogP contribution in [-0.2, 0) is 13.1 Å². The van der Waals surface area contributed by atoms with E-state index in [0.29, 0.717) is 12.6 Å². The summed E-state index contributed by atoms with van der Waals surface area (Å²) in [5.74, 6) is 0.819. The third-order valence-corrected chi connectivity index (χ3v) is 4.33. The van der Waals surface area contributed by atoms with Gasteiger partial charge in [0.15, 0.2) is 5.96 Å². The molecule has 6 nitrogen and oxygen atoms in total. The first-order valence-electron chi connectivity index (χ1n) is 8.46. The molecule has 0 radical (unpaired) electrons. The highest BCUT2D eigenvalue weighted by atomic mass is 127. The first-order chi connectivity index (χ1) is 11.8. The summed E-state index contributed by atoms with van der Waals surface area (Å²) in [6, 6.07) is 13.0. The Labute approximate surface area is 166 Å². The number of nitrogens with one attached hydrogen (secondary N) is 2. The minimum atomic E-state index is 0. The fourth-order valence-corrected chi connectivity index (χ4v) is 2.97. The zero-order valence-electron chi connectivity index (χ0n) is 14.5. The van der Waals surface area contributed by atoms with Crippen molar-refractivity contribution >= 4 is 29.9 Å². The molecule has 25 heavy (non-hydrogen) atoms. The van der Waals surface area contributed by atoms with Crippen LogP contribution in [0.1, 0.15) is 24.1 Å². The van der Waals surface area contributed by atoms with Gasteiger partial charge in [-0.2, -0.15) is 0 Å². The van der Waals surface area contributed by atoms with E-state index in [1.807, 2.05) is 6.07 Å². The third kappa shape index (κ3) is 6.32. The minimum Gasteiger partial charge on any atom is -0.364 e. The standard InChI is InChI=1S/C18H25N5O.HI/c1-19-18(20-13-17-9-12-24-22-17)21-16-7-10-23(11-8-16)14-15-5-3-2-4-6-15;/h2-6,9,12,16H,7-8,10-11,13-14H2,1H3,(H2,19,20,21);1H. The van der Waals surface area contributed by atoms with Crippen LogP contribution in [0.25, 0.3) is 0 Å². The van der Waals surface area contributed by atoms with Gasteiger partial charge in [0.05, 0.1) is 6.54 Å². The summed E-state index contributed by atoms with van der Waals surface area (Å²) in [4.78, 5) is 6.80. The monoisotopic (exact) mass is 455 g/mol. The Bertz CT molecular complexity index is 624. The van der Waals surface area contributed by atoms with E-state index in [4.69, 9.17) is 4.52 Å². The maximum absolute atomic E-state index is 4.84. The maximum atomic E-state index is 4.84. The van der Waals surface area contributed by atoms with Crippen molar-refractivity contribution in [1.29, 1.82) is 0 Å². The molecule has 0 spiro atoms. The Morgan fingerprint density at radius 2 is 2.00 bits per heavy atom. The van der Waals surface area contributed by atoms with Gasteiger partial charge in [-0.05, 0) is 18.4 Å². The van der Waals surface area contributed by atoms with E-state index in [0.717, 1.165) is 44.1 Å². The van der Waals surface area contributed by atoms with E-state index < -0.39 is 0 Å². The van der Waals surface area contributed by atoms with Crippen molar-refractivity contribution in [3.8, 4) is 0 Å². The molecule has 1 aromatic heterocycles. The van der Waals surface area contributed by atoms with Gasteiger partial charge in [0.1, 0.15) is 12.0 Å². The predicted octanol–water partition coefficient (Wildman–Crippen LogP) is 2.62. The predicted molar refractivity (Wildman–Crippen MR) is 110 cm³/mol. The van der Waals surface area contributed by atoms with E-state index in [9.17, 15) is 0 Å². The number of halogens is 1. The molecular weight excluding hydrogens is 429 g/mol. The van der Waals surface area contributed by atoms with Gasteiger partial charge in [-0.25, -0.2) is 0 Å².